The van der Waals surface area contributed by atoms with Crippen molar-refractivity contribution in [2.24, 2.45) is 0 Å². The van der Waals surface area contributed by atoms with Crippen LogP contribution in [0.25, 0.3) is 0 Å². The van der Waals surface area contributed by atoms with Crippen molar-refractivity contribution in [1.82, 2.24) is 20.5 Å². The standard InChI is InChI=1S/C37H44N4O4/c1-25-24-45-34(39-25)31-18-11-19-41(31)35(44)28-14-10-13-27(21-28)33(43)40-37(5,29-15-7-6-8-16-29)32(42)23-38-22-26-12-9-17-30(20-26)36(2,3)4/h6-10,12-17,20-21,24,31-32,38,42H,11,18-19,22-23H2,1-5H3,(H,40,43)/t31-,32-,37+/m1/s1. The van der Waals surface area contributed by atoms with Crippen molar-refractivity contribution in [3.63, 3.8) is 0 Å². The lowest BCUT2D eigenvalue weighted by molar-refractivity contribution is 0.0554. The summed E-state index contributed by atoms with van der Waals surface area (Å²) in [6, 6.07) is 24.4. The molecule has 3 aromatic carbocycles. The molecule has 2 heterocycles. The van der Waals surface area contributed by atoms with Gasteiger partial charge in [0, 0.05) is 30.8 Å². The monoisotopic (exact) mass is 608 g/mol. The van der Waals surface area contributed by atoms with Crippen molar-refractivity contribution >= 4 is 11.8 Å². The molecule has 5 rings (SSSR count). The number of benzene rings is 3. The third kappa shape index (κ3) is 7.35. The molecule has 3 N–H and O–H groups in total. The van der Waals surface area contributed by atoms with Gasteiger partial charge in [-0.2, -0.15) is 0 Å². The predicted octanol–water partition coefficient (Wildman–Crippen LogP) is 6.05. The van der Waals surface area contributed by atoms with Gasteiger partial charge in [-0.15, -0.1) is 0 Å². The lowest BCUT2D eigenvalue weighted by Crippen LogP contribution is -2.55. The second-order valence-electron chi connectivity index (χ2n) is 13.2. The summed E-state index contributed by atoms with van der Waals surface area (Å²) in [6.45, 7) is 11.7. The number of nitrogens with zero attached hydrogens (tertiary/aromatic N) is 2. The number of aromatic nitrogens is 1. The first-order valence-corrected chi connectivity index (χ1v) is 15.6. The van der Waals surface area contributed by atoms with E-state index in [1.165, 1.54) is 5.56 Å². The van der Waals surface area contributed by atoms with Gasteiger partial charge >= 0.3 is 0 Å². The van der Waals surface area contributed by atoms with Gasteiger partial charge < -0.3 is 25.1 Å². The van der Waals surface area contributed by atoms with Gasteiger partial charge in [0.1, 0.15) is 12.3 Å². The molecule has 1 aromatic heterocycles. The molecule has 8 heteroatoms. The first kappa shape index (κ1) is 32.1. The third-order valence-corrected chi connectivity index (χ3v) is 8.68. The lowest BCUT2D eigenvalue weighted by atomic mass is 9.85. The molecule has 0 aliphatic carbocycles. The van der Waals surface area contributed by atoms with E-state index < -0.39 is 11.6 Å². The summed E-state index contributed by atoms with van der Waals surface area (Å²) in [7, 11) is 0. The molecule has 0 bridgehead atoms. The number of oxazole rings is 1. The van der Waals surface area contributed by atoms with Crippen molar-refractivity contribution in [3.05, 3.63) is 125 Å². The highest BCUT2D eigenvalue weighted by Gasteiger charge is 2.37. The summed E-state index contributed by atoms with van der Waals surface area (Å²) in [5, 5.41) is 18.0. The van der Waals surface area contributed by atoms with Crippen LogP contribution in [0.5, 0.6) is 0 Å². The lowest BCUT2D eigenvalue weighted by Gasteiger charge is -2.36. The summed E-state index contributed by atoms with van der Waals surface area (Å²) < 4.78 is 5.62. The Labute approximate surface area is 265 Å². The minimum Gasteiger partial charge on any atom is -0.446 e. The summed E-state index contributed by atoms with van der Waals surface area (Å²) in [5.41, 5.74) is 3.61. The maximum Gasteiger partial charge on any atom is 0.254 e. The number of aliphatic hydroxyl groups is 1. The van der Waals surface area contributed by atoms with Gasteiger partial charge in [-0.3, -0.25) is 9.59 Å². The molecular formula is C37H44N4O4. The maximum atomic E-state index is 13.8. The zero-order valence-corrected chi connectivity index (χ0v) is 26.8. The van der Waals surface area contributed by atoms with E-state index in [4.69, 9.17) is 4.42 Å². The van der Waals surface area contributed by atoms with Gasteiger partial charge in [-0.1, -0.05) is 81.4 Å². The Morgan fingerprint density at radius 1 is 0.978 bits per heavy atom. The molecule has 1 fully saturated rings. The number of nitrogens with one attached hydrogen (secondary N) is 2. The van der Waals surface area contributed by atoms with Crippen molar-refractivity contribution in [2.45, 2.75) is 77.1 Å². The molecule has 3 atom stereocenters. The Bertz CT molecular complexity index is 1630. The Hall–Kier alpha value is -4.27. The number of amides is 2. The highest BCUT2D eigenvalue weighted by molar-refractivity contribution is 6.00. The van der Waals surface area contributed by atoms with E-state index in [2.05, 4.69) is 60.7 Å². The fraction of sp³-hybridized carbons (Fsp3) is 0.378. The van der Waals surface area contributed by atoms with Crippen LogP contribution in [0.15, 0.2) is 89.5 Å². The molecular weight excluding hydrogens is 564 g/mol. The summed E-state index contributed by atoms with van der Waals surface area (Å²) in [5.74, 6) is -0.0156. The van der Waals surface area contributed by atoms with Crippen molar-refractivity contribution in [2.75, 3.05) is 13.1 Å². The maximum absolute atomic E-state index is 13.8. The highest BCUT2D eigenvalue weighted by Crippen LogP contribution is 2.33. The van der Waals surface area contributed by atoms with E-state index in [9.17, 15) is 14.7 Å². The van der Waals surface area contributed by atoms with E-state index >= 15 is 0 Å². The van der Waals surface area contributed by atoms with Crippen LogP contribution in [0.4, 0.5) is 0 Å². The minimum absolute atomic E-state index is 0.0412. The van der Waals surface area contributed by atoms with E-state index in [0.29, 0.717) is 30.1 Å². The number of likely N-dealkylation sites (tertiary alicyclic amines) is 1. The second-order valence-corrected chi connectivity index (χ2v) is 13.2. The van der Waals surface area contributed by atoms with Gasteiger partial charge in [0.15, 0.2) is 0 Å². The van der Waals surface area contributed by atoms with Crippen LogP contribution in [-0.4, -0.2) is 46.0 Å². The molecule has 1 saturated heterocycles. The Kier molecular flexibility index (Phi) is 9.56. The zero-order valence-electron chi connectivity index (χ0n) is 26.8. The molecule has 1 aliphatic heterocycles. The molecule has 0 saturated carbocycles. The van der Waals surface area contributed by atoms with E-state index in [-0.39, 0.29) is 29.8 Å². The normalized spacial score (nSPS) is 17.1. The van der Waals surface area contributed by atoms with E-state index in [1.54, 1.807) is 35.4 Å². The van der Waals surface area contributed by atoms with Crippen LogP contribution in [0.3, 0.4) is 0 Å². The first-order chi connectivity index (χ1) is 21.5. The van der Waals surface area contributed by atoms with E-state index in [1.807, 2.05) is 44.2 Å². The Morgan fingerprint density at radius 3 is 2.40 bits per heavy atom. The number of aliphatic hydroxyl groups excluding tert-OH is 1. The van der Waals surface area contributed by atoms with Crippen LogP contribution in [-0.2, 0) is 17.5 Å². The SMILES string of the molecule is Cc1coc([C@H]2CCCN2C(=O)c2cccc(C(=O)N[C@@](C)(c3ccccc3)[C@H](O)CNCc3cccc(C(C)(C)C)c3)c2)n1. The van der Waals surface area contributed by atoms with Gasteiger partial charge in [-0.25, -0.2) is 4.98 Å². The Morgan fingerprint density at radius 2 is 1.69 bits per heavy atom. The number of aryl methyl sites for hydroxylation is 1. The average molecular weight is 609 g/mol. The molecule has 0 unspecified atom stereocenters. The fourth-order valence-corrected chi connectivity index (χ4v) is 5.90. The smallest absolute Gasteiger partial charge is 0.254 e. The number of hydrogen-bond donors (Lipinski definition) is 3. The first-order valence-electron chi connectivity index (χ1n) is 15.6. The van der Waals surface area contributed by atoms with Crippen LogP contribution >= 0.6 is 0 Å². The molecule has 0 spiro atoms. The molecule has 45 heavy (non-hydrogen) atoms. The van der Waals surface area contributed by atoms with Crippen LogP contribution < -0.4 is 10.6 Å². The zero-order chi connectivity index (χ0) is 32.2. The predicted molar refractivity (Wildman–Crippen MR) is 175 cm³/mol. The Balaban J connectivity index is 1.31. The van der Waals surface area contributed by atoms with Crippen molar-refractivity contribution < 1.29 is 19.1 Å². The minimum atomic E-state index is -1.11. The summed E-state index contributed by atoms with van der Waals surface area (Å²) in [6.07, 6.45) is 2.27. The topological polar surface area (TPSA) is 108 Å². The largest absolute Gasteiger partial charge is 0.446 e. The fourth-order valence-electron chi connectivity index (χ4n) is 5.90. The van der Waals surface area contributed by atoms with Crippen LogP contribution in [0.2, 0.25) is 0 Å². The molecule has 0 radical (unpaired) electrons. The molecule has 2 amide bonds. The molecule has 1 aliphatic rings. The van der Waals surface area contributed by atoms with Gasteiger partial charge in [0.05, 0.1) is 17.3 Å². The van der Waals surface area contributed by atoms with Gasteiger partial charge in [0.2, 0.25) is 5.89 Å². The average Bonchev–Trinajstić information content (AvgIpc) is 3.70. The van der Waals surface area contributed by atoms with Crippen LogP contribution in [0.1, 0.15) is 95.6 Å². The quantitative estimate of drug-likeness (QED) is 0.202. The summed E-state index contributed by atoms with van der Waals surface area (Å²) in [4.78, 5) is 33.6. The molecule has 8 nitrogen and oxygen atoms in total. The van der Waals surface area contributed by atoms with Gasteiger partial charge in [0.25, 0.3) is 11.8 Å². The highest BCUT2D eigenvalue weighted by atomic mass is 16.3. The van der Waals surface area contributed by atoms with E-state index in [0.717, 1.165) is 29.7 Å². The third-order valence-electron chi connectivity index (χ3n) is 8.68. The number of rotatable bonds is 10. The van der Waals surface area contributed by atoms with Crippen molar-refractivity contribution in [3.8, 4) is 0 Å². The van der Waals surface area contributed by atoms with Gasteiger partial charge in [-0.05, 0) is 67.0 Å². The van der Waals surface area contributed by atoms with Crippen molar-refractivity contribution in [1.29, 1.82) is 0 Å². The summed E-state index contributed by atoms with van der Waals surface area (Å²) >= 11 is 0. The number of carbonyl (C=O) groups is 2. The molecule has 236 valence electrons. The van der Waals surface area contributed by atoms with Crippen LogP contribution in [0, 0.1) is 6.92 Å². The number of carbonyl (C=O) groups excluding carboxylic acids is 2. The molecule has 4 aromatic rings. The number of hydrogen-bond acceptors (Lipinski definition) is 6. The second kappa shape index (κ2) is 13.4.